The molecule has 1 aliphatic carbocycles. The third kappa shape index (κ3) is 2.47. The summed E-state index contributed by atoms with van der Waals surface area (Å²) in [5, 5.41) is 0.868. The molecule has 0 heterocycles. The first-order valence-corrected chi connectivity index (χ1v) is 5.60. The first-order chi connectivity index (χ1) is 5.66. The number of hydrogen-bond donors (Lipinski definition) is 0. The van der Waals surface area contributed by atoms with Crippen LogP contribution in [-0.2, 0) is 4.79 Å². The number of hydrogen-bond acceptors (Lipinski definition) is 1. The predicted molar refractivity (Wildman–Crippen MR) is 53.3 cm³/mol. The van der Waals surface area contributed by atoms with Gasteiger partial charge in [-0.1, -0.05) is 22.9 Å². The van der Waals surface area contributed by atoms with Crippen molar-refractivity contribution in [2.45, 2.75) is 19.8 Å². The van der Waals surface area contributed by atoms with Crippen LogP contribution in [0.5, 0.6) is 0 Å². The van der Waals surface area contributed by atoms with Gasteiger partial charge in [-0.05, 0) is 18.8 Å². The molecule has 0 aromatic rings. The van der Waals surface area contributed by atoms with E-state index < -0.39 is 0 Å². The lowest BCUT2D eigenvalue weighted by molar-refractivity contribution is -0.134. The molecule has 1 fully saturated rings. The quantitative estimate of drug-likeness (QED) is 0.680. The fourth-order valence-corrected chi connectivity index (χ4v) is 1.91. The van der Waals surface area contributed by atoms with E-state index in [2.05, 4.69) is 15.9 Å². The van der Waals surface area contributed by atoms with Crippen LogP contribution in [0.4, 0.5) is 0 Å². The van der Waals surface area contributed by atoms with Crippen LogP contribution >= 0.6 is 15.9 Å². The van der Waals surface area contributed by atoms with Gasteiger partial charge in [-0.2, -0.15) is 0 Å². The molecule has 0 saturated heterocycles. The largest absolute Gasteiger partial charge is 0.345 e. The molecule has 0 aromatic heterocycles. The summed E-state index contributed by atoms with van der Waals surface area (Å²) in [5.74, 6) is 1.22. The minimum atomic E-state index is 0.244. The van der Waals surface area contributed by atoms with Crippen LogP contribution in [0.25, 0.3) is 0 Å². The smallest absolute Gasteiger partial charge is 0.225 e. The third-order valence-corrected chi connectivity index (χ3v) is 2.87. The molecule has 0 bridgehead atoms. The van der Waals surface area contributed by atoms with Gasteiger partial charge in [-0.25, -0.2) is 0 Å². The van der Waals surface area contributed by atoms with Crippen molar-refractivity contribution in [1.29, 1.82) is 0 Å². The van der Waals surface area contributed by atoms with Crippen LogP contribution in [0.2, 0.25) is 0 Å². The summed E-state index contributed by atoms with van der Waals surface area (Å²) >= 11 is 3.33. The first-order valence-electron chi connectivity index (χ1n) is 4.47. The van der Waals surface area contributed by atoms with Crippen LogP contribution in [0, 0.1) is 11.8 Å². The molecule has 0 aromatic carbocycles. The van der Waals surface area contributed by atoms with Gasteiger partial charge >= 0.3 is 0 Å². The molecular weight excluding hydrogens is 218 g/mol. The first kappa shape index (κ1) is 10.0. The van der Waals surface area contributed by atoms with Crippen molar-refractivity contribution < 1.29 is 4.79 Å². The Labute approximate surface area is 82.4 Å². The summed E-state index contributed by atoms with van der Waals surface area (Å²) in [6.45, 7) is 2.86. The topological polar surface area (TPSA) is 20.3 Å². The molecule has 12 heavy (non-hydrogen) atoms. The van der Waals surface area contributed by atoms with Crippen LogP contribution in [0.1, 0.15) is 19.8 Å². The molecule has 0 N–H and O–H groups in total. The van der Waals surface area contributed by atoms with Gasteiger partial charge in [0.25, 0.3) is 0 Å². The number of halogens is 1. The lowest BCUT2D eigenvalue weighted by Crippen LogP contribution is -2.33. The van der Waals surface area contributed by atoms with Crippen molar-refractivity contribution in [3.05, 3.63) is 0 Å². The fraction of sp³-hybridized carbons (Fsp3) is 0.889. The van der Waals surface area contributed by atoms with Gasteiger partial charge in [0.15, 0.2) is 0 Å². The van der Waals surface area contributed by atoms with Crippen LogP contribution in [0.3, 0.4) is 0 Å². The fourth-order valence-electron chi connectivity index (χ4n) is 1.38. The van der Waals surface area contributed by atoms with Gasteiger partial charge in [-0.15, -0.1) is 0 Å². The summed E-state index contributed by atoms with van der Waals surface area (Å²) in [4.78, 5) is 13.4. The van der Waals surface area contributed by atoms with Gasteiger partial charge < -0.3 is 4.90 Å². The minimum Gasteiger partial charge on any atom is -0.345 e. The van der Waals surface area contributed by atoms with Crippen molar-refractivity contribution in [2.24, 2.45) is 11.8 Å². The molecule has 0 spiro atoms. The predicted octanol–water partition coefficient (Wildman–Crippen LogP) is 1.89. The molecule has 1 unspecified atom stereocenters. The Kier molecular flexibility index (Phi) is 3.56. The molecule has 2 nitrogen and oxygen atoms in total. The van der Waals surface area contributed by atoms with Gasteiger partial charge in [-0.3, -0.25) is 4.79 Å². The Morgan fingerprint density at radius 2 is 2.25 bits per heavy atom. The van der Waals surface area contributed by atoms with E-state index in [0.29, 0.717) is 11.8 Å². The van der Waals surface area contributed by atoms with Crippen molar-refractivity contribution in [3.63, 3.8) is 0 Å². The number of carbonyl (C=O) groups excluding carboxylic acids is 1. The molecule has 1 saturated carbocycles. The molecular formula is C9H16BrNO. The monoisotopic (exact) mass is 233 g/mol. The number of alkyl halides is 1. The summed E-state index contributed by atoms with van der Waals surface area (Å²) < 4.78 is 0. The maximum atomic E-state index is 11.6. The Bertz CT molecular complexity index is 168. The highest BCUT2D eigenvalue weighted by Crippen LogP contribution is 2.37. The number of carbonyl (C=O) groups is 1. The normalized spacial score (nSPS) is 18.9. The Hall–Kier alpha value is -0.0500. The summed E-state index contributed by atoms with van der Waals surface area (Å²) in [7, 11) is 1.88. The molecule has 0 radical (unpaired) electrons. The highest BCUT2D eigenvalue weighted by molar-refractivity contribution is 9.09. The standard InChI is InChI=1S/C9H16BrNO/c1-7(8-3-4-8)9(12)11(2)6-5-10/h7-8H,3-6H2,1-2H3. The number of nitrogens with zero attached hydrogens (tertiary/aromatic N) is 1. The molecule has 1 amide bonds. The zero-order chi connectivity index (χ0) is 9.14. The lowest BCUT2D eigenvalue weighted by Gasteiger charge is -2.19. The number of rotatable bonds is 4. The highest BCUT2D eigenvalue weighted by atomic mass is 79.9. The Morgan fingerprint density at radius 3 is 2.67 bits per heavy atom. The summed E-state index contributed by atoms with van der Waals surface area (Å²) in [5.41, 5.74) is 0. The second-order valence-corrected chi connectivity index (χ2v) is 4.37. The third-order valence-electron chi connectivity index (χ3n) is 2.51. The Balaban J connectivity index is 2.33. The molecule has 1 rings (SSSR count). The van der Waals surface area contributed by atoms with E-state index in [1.807, 2.05) is 18.9 Å². The van der Waals surface area contributed by atoms with Gasteiger partial charge in [0.1, 0.15) is 0 Å². The van der Waals surface area contributed by atoms with Crippen molar-refractivity contribution in [1.82, 2.24) is 4.90 Å². The maximum Gasteiger partial charge on any atom is 0.225 e. The van der Waals surface area contributed by atoms with Crippen LogP contribution in [-0.4, -0.2) is 29.7 Å². The second kappa shape index (κ2) is 4.26. The van der Waals surface area contributed by atoms with Crippen molar-refractivity contribution >= 4 is 21.8 Å². The van der Waals surface area contributed by atoms with E-state index in [9.17, 15) is 4.79 Å². The van der Waals surface area contributed by atoms with Crippen LogP contribution in [0.15, 0.2) is 0 Å². The van der Waals surface area contributed by atoms with E-state index >= 15 is 0 Å². The SMILES string of the molecule is CC(C(=O)N(C)CCBr)C1CC1. The van der Waals surface area contributed by atoms with E-state index in [1.165, 1.54) is 12.8 Å². The average molecular weight is 234 g/mol. The zero-order valence-corrected chi connectivity index (χ0v) is 9.30. The van der Waals surface area contributed by atoms with Gasteiger partial charge in [0.2, 0.25) is 5.91 Å². The zero-order valence-electron chi connectivity index (χ0n) is 7.72. The van der Waals surface area contributed by atoms with Crippen LogP contribution < -0.4 is 0 Å². The molecule has 1 aliphatic rings. The van der Waals surface area contributed by atoms with Gasteiger partial charge in [0, 0.05) is 24.8 Å². The van der Waals surface area contributed by atoms with Crippen molar-refractivity contribution in [2.75, 3.05) is 18.9 Å². The van der Waals surface area contributed by atoms with Crippen molar-refractivity contribution in [3.8, 4) is 0 Å². The maximum absolute atomic E-state index is 11.6. The lowest BCUT2D eigenvalue weighted by atomic mass is 10.1. The van der Waals surface area contributed by atoms with E-state index in [4.69, 9.17) is 0 Å². The minimum absolute atomic E-state index is 0.244. The van der Waals surface area contributed by atoms with Gasteiger partial charge in [0.05, 0.1) is 0 Å². The molecule has 70 valence electrons. The molecule has 0 aliphatic heterocycles. The molecule has 1 atom stereocenters. The number of amides is 1. The summed E-state index contributed by atoms with van der Waals surface area (Å²) in [6.07, 6.45) is 2.49. The average Bonchev–Trinajstić information content (AvgIpc) is 2.84. The second-order valence-electron chi connectivity index (χ2n) is 3.57. The van der Waals surface area contributed by atoms with E-state index in [1.54, 1.807) is 0 Å². The Morgan fingerprint density at radius 1 is 1.67 bits per heavy atom. The molecule has 3 heteroatoms. The highest BCUT2D eigenvalue weighted by Gasteiger charge is 2.33. The van der Waals surface area contributed by atoms with E-state index in [-0.39, 0.29) is 5.92 Å². The van der Waals surface area contributed by atoms with E-state index in [0.717, 1.165) is 11.9 Å². The summed E-state index contributed by atoms with van der Waals surface area (Å²) in [6, 6.07) is 0.